The fourth-order valence-electron chi connectivity index (χ4n) is 3.52. The quantitative estimate of drug-likeness (QED) is 0.863. The largest absolute Gasteiger partial charge is 0.454 e. The summed E-state index contributed by atoms with van der Waals surface area (Å²) in [5.74, 6) is 1.56. The van der Waals surface area contributed by atoms with Crippen LogP contribution in [0.5, 0.6) is 11.5 Å². The van der Waals surface area contributed by atoms with Crippen LogP contribution in [0.3, 0.4) is 0 Å². The molecule has 136 valence electrons. The van der Waals surface area contributed by atoms with Gasteiger partial charge in [0.15, 0.2) is 11.5 Å². The highest BCUT2D eigenvalue weighted by atomic mass is 16.7. The van der Waals surface area contributed by atoms with Crippen molar-refractivity contribution in [1.29, 1.82) is 0 Å². The van der Waals surface area contributed by atoms with Crippen LogP contribution in [0.4, 0.5) is 5.69 Å². The molecule has 2 aromatic carbocycles. The lowest BCUT2D eigenvalue weighted by molar-refractivity contribution is -0.116. The SMILES string of the molecule is O=C(CCc1ccc2c(c1)OCO2)Nc1cccc(CN2CCCC2)c1. The Bertz CT molecular complexity index is 785. The molecule has 1 saturated heterocycles. The molecule has 5 nitrogen and oxygen atoms in total. The third-order valence-electron chi connectivity index (χ3n) is 4.89. The third kappa shape index (κ3) is 4.17. The van der Waals surface area contributed by atoms with Crippen molar-refractivity contribution in [3.63, 3.8) is 0 Å². The predicted octanol–water partition coefficient (Wildman–Crippen LogP) is 3.58. The average molecular weight is 352 g/mol. The molecule has 1 amide bonds. The maximum Gasteiger partial charge on any atom is 0.231 e. The minimum Gasteiger partial charge on any atom is -0.454 e. The molecule has 2 heterocycles. The smallest absolute Gasteiger partial charge is 0.231 e. The summed E-state index contributed by atoms with van der Waals surface area (Å²) < 4.78 is 10.7. The number of rotatable bonds is 6. The molecule has 0 saturated carbocycles. The van der Waals surface area contributed by atoms with Crippen LogP contribution < -0.4 is 14.8 Å². The van der Waals surface area contributed by atoms with Gasteiger partial charge in [-0.25, -0.2) is 0 Å². The van der Waals surface area contributed by atoms with Crippen LogP contribution in [0.2, 0.25) is 0 Å². The Hall–Kier alpha value is -2.53. The number of aryl methyl sites for hydroxylation is 1. The monoisotopic (exact) mass is 352 g/mol. The van der Waals surface area contributed by atoms with E-state index in [-0.39, 0.29) is 12.7 Å². The molecule has 2 aromatic rings. The zero-order valence-electron chi connectivity index (χ0n) is 14.9. The maximum absolute atomic E-state index is 12.3. The van der Waals surface area contributed by atoms with Crippen molar-refractivity contribution in [2.75, 3.05) is 25.2 Å². The van der Waals surface area contributed by atoms with E-state index in [4.69, 9.17) is 9.47 Å². The Morgan fingerprint density at radius 3 is 2.73 bits per heavy atom. The fraction of sp³-hybridized carbons (Fsp3) is 0.381. The Labute approximate surface area is 153 Å². The summed E-state index contributed by atoms with van der Waals surface area (Å²) in [4.78, 5) is 14.8. The molecule has 0 radical (unpaired) electrons. The van der Waals surface area contributed by atoms with Gasteiger partial charge in [0.05, 0.1) is 0 Å². The van der Waals surface area contributed by atoms with E-state index in [0.29, 0.717) is 12.8 Å². The number of ether oxygens (including phenoxy) is 2. The van der Waals surface area contributed by atoms with Gasteiger partial charge in [-0.05, 0) is 67.7 Å². The first-order valence-corrected chi connectivity index (χ1v) is 9.26. The van der Waals surface area contributed by atoms with Crippen molar-refractivity contribution >= 4 is 11.6 Å². The molecule has 5 heteroatoms. The number of hydrogen-bond donors (Lipinski definition) is 1. The number of hydrogen-bond acceptors (Lipinski definition) is 4. The van der Waals surface area contributed by atoms with E-state index in [9.17, 15) is 4.79 Å². The average Bonchev–Trinajstić information content (AvgIpc) is 3.31. The van der Waals surface area contributed by atoms with Gasteiger partial charge < -0.3 is 14.8 Å². The van der Waals surface area contributed by atoms with Crippen molar-refractivity contribution in [3.8, 4) is 11.5 Å². The number of benzene rings is 2. The van der Waals surface area contributed by atoms with E-state index in [2.05, 4.69) is 22.3 Å². The molecule has 0 bridgehead atoms. The number of anilines is 1. The summed E-state index contributed by atoms with van der Waals surface area (Å²) in [5, 5.41) is 3.02. The second-order valence-corrected chi connectivity index (χ2v) is 6.92. The number of carbonyl (C=O) groups excluding carboxylic acids is 1. The molecular formula is C21H24N2O3. The Balaban J connectivity index is 1.30. The molecule has 0 aliphatic carbocycles. The molecule has 0 unspecified atom stereocenters. The van der Waals surface area contributed by atoms with E-state index >= 15 is 0 Å². The van der Waals surface area contributed by atoms with E-state index in [1.165, 1.54) is 31.5 Å². The van der Waals surface area contributed by atoms with Crippen LogP contribution in [0, 0.1) is 0 Å². The van der Waals surface area contributed by atoms with Crippen molar-refractivity contribution in [3.05, 3.63) is 53.6 Å². The Morgan fingerprint density at radius 2 is 1.85 bits per heavy atom. The lowest BCUT2D eigenvalue weighted by atomic mass is 10.1. The molecule has 1 N–H and O–H groups in total. The molecule has 2 aliphatic rings. The van der Waals surface area contributed by atoms with Crippen LogP contribution in [0.1, 0.15) is 30.4 Å². The lowest BCUT2D eigenvalue weighted by Crippen LogP contribution is -2.18. The van der Waals surface area contributed by atoms with Crippen molar-refractivity contribution in [1.82, 2.24) is 4.90 Å². The van der Waals surface area contributed by atoms with Gasteiger partial charge in [0.1, 0.15) is 0 Å². The van der Waals surface area contributed by atoms with Gasteiger partial charge in [-0.1, -0.05) is 18.2 Å². The van der Waals surface area contributed by atoms with Gasteiger partial charge in [0.2, 0.25) is 12.7 Å². The number of likely N-dealkylation sites (tertiary alicyclic amines) is 1. The summed E-state index contributed by atoms with van der Waals surface area (Å²) >= 11 is 0. The van der Waals surface area contributed by atoms with Crippen LogP contribution in [-0.4, -0.2) is 30.7 Å². The van der Waals surface area contributed by atoms with Gasteiger partial charge in [-0.2, -0.15) is 0 Å². The van der Waals surface area contributed by atoms with E-state index in [0.717, 1.165) is 29.3 Å². The number of nitrogens with zero attached hydrogens (tertiary/aromatic N) is 1. The van der Waals surface area contributed by atoms with Crippen molar-refractivity contribution < 1.29 is 14.3 Å². The molecule has 1 fully saturated rings. The molecule has 0 spiro atoms. The van der Waals surface area contributed by atoms with Crippen LogP contribution in [0.25, 0.3) is 0 Å². The number of carbonyl (C=O) groups is 1. The minimum atomic E-state index is 0.0287. The normalized spacial score (nSPS) is 16.0. The first kappa shape index (κ1) is 16.9. The third-order valence-corrected chi connectivity index (χ3v) is 4.89. The number of amides is 1. The fourth-order valence-corrected chi connectivity index (χ4v) is 3.52. The van der Waals surface area contributed by atoms with Gasteiger partial charge in [-0.15, -0.1) is 0 Å². The van der Waals surface area contributed by atoms with Crippen LogP contribution in [0.15, 0.2) is 42.5 Å². The summed E-state index contributed by atoms with van der Waals surface area (Å²) in [5.41, 5.74) is 3.20. The second-order valence-electron chi connectivity index (χ2n) is 6.92. The predicted molar refractivity (Wildman–Crippen MR) is 100 cm³/mol. The van der Waals surface area contributed by atoms with Crippen molar-refractivity contribution in [2.45, 2.75) is 32.2 Å². The molecule has 26 heavy (non-hydrogen) atoms. The van der Waals surface area contributed by atoms with E-state index < -0.39 is 0 Å². The standard InChI is InChI=1S/C21H24N2O3/c24-21(9-7-16-6-8-19-20(13-16)26-15-25-19)22-18-5-3-4-17(12-18)14-23-10-1-2-11-23/h3-6,8,12-13H,1-2,7,9-11,14-15H2,(H,22,24). The topological polar surface area (TPSA) is 50.8 Å². The van der Waals surface area contributed by atoms with Gasteiger partial charge in [-0.3, -0.25) is 9.69 Å². The van der Waals surface area contributed by atoms with E-state index in [1.807, 2.05) is 30.3 Å². The van der Waals surface area contributed by atoms with Gasteiger partial charge in [0, 0.05) is 18.7 Å². The Morgan fingerprint density at radius 1 is 1.00 bits per heavy atom. The summed E-state index contributed by atoms with van der Waals surface area (Å²) in [6.07, 6.45) is 3.69. The highest BCUT2D eigenvalue weighted by molar-refractivity contribution is 5.90. The van der Waals surface area contributed by atoms with Crippen molar-refractivity contribution in [2.24, 2.45) is 0 Å². The first-order chi connectivity index (χ1) is 12.8. The molecule has 4 rings (SSSR count). The maximum atomic E-state index is 12.3. The summed E-state index contributed by atoms with van der Waals surface area (Å²) in [6.45, 7) is 3.58. The highest BCUT2D eigenvalue weighted by Crippen LogP contribution is 2.32. The van der Waals surface area contributed by atoms with Crippen LogP contribution >= 0.6 is 0 Å². The minimum absolute atomic E-state index is 0.0287. The molecular weight excluding hydrogens is 328 g/mol. The molecule has 0 atom stereocenters. The first-order valence-electron chi connectivity index (χ1n) is 9.26. The number of fused-ring (bicyclic) bond motifs is 1. The zero-order chi connectivity index (χ0) is 17.8. The molecule has 0 aromatic heterocycles. The van der Waals surface area contributed by atoms with Gasteiger partial charge in [0.25, 0.3) is 0 Å². The molecule has 2 aliphatic heterocycles. The highest BCUT2D eigenvalue weighted by Gasteiger charge is 2.14. The van der Waals surface area contributed by atoms with Crippen LogP contribution in [-0.2, 0) is 17.8 Å². The van der Waals surface area contributed by atoms with Gasteiger partial charge >= 0.3 is 0 Å². The summed E-state index contributed by atoms with van der Waals surface area (Å²) in [6, 6.07) is 14.0. The second kappa shape index (κ2) is 7.79. The zero-order valence-corrected chi connectivity index (χ0v) is 14.9. The summed E-state index contributed by atoms with van der Waals surface area (Å²) in [7, 11) is 0. The number of nitrogens with one attached hydrogen (secondary N) is 1. The lowest BCUT2D eigenvalue weighted by Gasteiger charge is -2.15. The Kier molecular flexibility index (Phi) is 5.07. The van der Waals surface area contributed by atoms with E-state index in [1.54, 1.807) is 0 Å².